The van der Waals surface area contributed by atoms with Crippen LogP contribution in [0.1, 0.15) is 97.9 Å². The third kappa shape index (κ3) is 4.74. The quantitative estimate of drug-likeness (QED) is 0.608. The number of hydrogen-bond acceptors (Lipinski definition) is 1. The average Bonchev–Trinajstić information content (AvgIpc) is 3.27. The molecule has 0 amide bonds. The molecule has 1 N–H and O–H groups in total. The normalized spacial score (nSPS) is 20.6. The molecule has 0 saturated carbocycles. The molecule has 142 valence electrons. The number of benzene rings is 1. The topological polar surface area (TPSA) is 28.7 Å². The van der Waals surface area contributed by atoms with Crippen LogP contribution in [0.25, 0.3) is 0 Å². The maximum Gasteiger partial charge on any atom is 0.0921 e. The number of nitrogens with zero attached hydrogens (tertiary/aromatic N) is 1. The highest BCUT2D eigenvalue weighted by Gasteiger charge is 2.45. The van der Waals surface area contributed by atoms with E-state index in [1.54, 1.807) is 6.33 Å². The van der Waals surface area contributed by atoms with E-state index in [-0.39, 0.29) is 5.41 Å². The van der Waals surface area contributed by atoms with Crippen molar-refractivity contribution in [2.45, 2.75) is 86.5 Å². The van der Waals surface area contributed by atoms with Crippen LogP contribution in [0.3, 0.4) is 0 Å². The van der Waals surface area contributed by atoms with Crippen LogP contribution in [0.15, 0.2) is 36.8 Å². The van der Waals surface area contributed by atoms with Gasteiger partial charge in [0.15, 0.2) is 0 Å². The van der Waals surface area contributed by atoms with Gasteiger partial charge in [-0.05, 0) is 28.4 Å². The van der Waals surface area contributed by atoms with Crippen LogP contribution in [0.2, 0.25) is 0 Å². The first-order valence-electron chi connectivity index (χ1n) is 10.1. The minimum absolute atomic E-state index is 0.246. The number of aromatic nitrogens is 2. The van der Waals surface area contributed by atoms with E-state index in [4.69, 9.17) is 0 Å². The van der Waals surface area contributed by atoms with E-state index in [2.05, 4.69) is 61.9 Å². The zero-order valence-corrected chi connectivity index (χ0v) is 18.1. The monoisotopic (exact) mass is 344 g/mol. The van der Waals surface area contributed by atoms with E-state index in [0.717, 1.165) is 0 Å². The fourth-order valence-corrected chi connectivity index (χ4v) is 3.75. The van der Waals surface area contributed by atoms with Crippen LogP contribution < -0.4 is 0 Å². The summed E-state index contributed by atoms with van der Waals surface area (Å²) in [5.41, 5.74) is 4.51. The Labute approximate surface area is 156 Å². The van der Waals surface area contributed by atoms with E-state index < -0.39 is 0 Å². The van der Waals surface area contributed by atoms with Crippen LogP contribution in [0.4, 0.5) is 0 Å². The second-order valence-electron chi connectivity index (χ2n) is 6.42. The Morgan fingerprint density at radius 1 is 1.00 bits per heavy atom. The molecule has 0 radical (unpaired) electrons. The largest absolute Gasteiger partial charge is 0.348 e. The first-order valence-corrected chi connectivity index (χ1v) is 10.1. The van der Waals surface area contributed by atoms with E-state index in [0.29, 0.717) is 17.8 Å². The van der Waals surface area contributed by atoms with Crippen LogP contribution in [0.5, 0.6) is 0 Å². The smallest absolute Gasteiger partial charge is 0.0921 e. The molecule has 1 aromatic carbocycles. The summed E-state index contributed by atoms with van der Waals surface area (Å²) in [6.45, 7) is 21.4. The Morgan fingerprint density at radius 2 is 1.56 bits per heavy atom. The van der Waals surface area contributed by atoms with Gasteiger partial charge in [0, 0.05) is 17.8 Å². The Bertz CT molecular complexity index is 570. The van der Waals surface area contributed by atoms with Gasteiger partial charge in [-0.15, -0.1) is 0 Å². The van der Waals surface area contributed by atoms with Gasteiger partial charge in [0.25, 0.3) is 0 Å². The number of imidazole rings is 1. The van der Waals surface area contributed by atoms with E-state index in [9.17, 15) is 0 Å². The lowest BCUT2D eigenvalue weighted by Crippen LogP contribution is -2.25. The lowest BCUT2D eigenvalue weighted by molar-refractivity contribution is 0.306. The van der Waals surface area contributed by atoms with Gasteiger partial charge in [0.2, 0.25) is 0 Å². The van der Waals surface area contributed by atoms with Crippen LogP contribution in [-0.2, 0) is 5.41 Å². The summed E-state index contributed by atoms with van der Waals surface area (Å²) in [6, 6.07) is 8.93. The summed E-state index contributed by atoms with van der Waals surface area (Å²) in [5, 5.41) is 0. The molecule has 3 rings (SSSR count). The molecule has 25 heavy (non-hydrogen) atoms. The van der Waals surface area contributed by atoms with E-state index in [1.807, 2.05) is 47.7 Å². The average molecular weight is 345 g/mol. The van der Waals surface area contributed by atoms with Crippen molar-refractivity contribution in [1.82, 2.24) is 9.97 Å². The maximum absolute atomic E-state index is 4.18. The predicted molar refractivity (Wildman–Crippen MR) is 112 cm³/mol. The van der Waals surface area contributed by atoms with Crippen molar-refractivity contribution in [3.8, 4) is 0 Å². The summed E-state index contributed by atoms with van der Waals surface area (Å²) in [6.07, 6.45) is 3.74. The molecule has 1 aliphatic carbocycles. The second kappa shape index (κ2) is 11.1. The Balaban J connectivity index is 0.000000871. The highest BCUT2D eigenvalue weighted by atomic mass is 14.9. The standard InChI is InChI=1S/C17H22N2.3C2H6/c1-11(15-9-18-10-19-15)16-12(2)17(3,4)14-8-6-5-7-13(14)16;3*1-2/h5-12,16H,1-4H3,(H,18,19);3*1-2H3. The number of rotatable bonds is 2. The molecule has 1 aliphatic rings. The molecule has 1 aromatic heterocycles. The third-order valence-corrected chi connectivity index (χ3v) is 5.24. The van der Waals surface area contributed by atoms with Crippen molar-refractivity contribution < 1.29 is 0 Å². The predicted octanol–water partition coefficient (Wildman–Crippen LogP) is 7.30. The lowest BCUT2D eigenvalue weighted by atomic mass is 9.73. The minimum atomic E-state index is 0.246. The lowest BCUT2D eigenvalue weighted by Gasteiger charge is -2.30. The third-order valence-electron chi connectivity index (χ3n) is 5.24. The van der Waals surface area contributed by atoms with Gasteiger partial charge >= 0.3 is 0 Å². The molecule has 3 atom stereocenters. The van der Waals surface area contributed by atoms with E-state index >= 15 is 0 Å². The molecule has 2 heteroatoms. The number of hydrogen-bond donors (Lipinski definition) is 1. The number of aromatic amines is 1. The maximum atomic E-state index is 4.18. The van der Waals surface area contributed by atoms with Crippen LogP contribution >= 0.6 is 0 Å². The van der Waals surface area contributed by atoms with Gasteiger partial charge in [-0.3, -0.25) is 0 Å². The van der Waals surface area contributed by atoms with Crippen molar-refractivity contribution in [3.63, 3.8) is 0 Å². The molecule has 0 aliphatic heterocycles. The summed E-state index contributed by atoms with van der Waals surface area (Å²) >= 11 is 0. The minimum Gasteiger partial charge on any atom is -0.348 e. The molecular weight excluding hydrogens is 304 g/mol. The van der Waals surface area contributed by atoms with Gasteiger partial charge in [0.05, 0.1) is 6.33 Å². The number of fused-ring (bicyclic) bond motifs is 1. The second-order valence-corrected chi connectivity index (χ2v) is 6.42. The van der Waals surface area contributed by atoms with Crippen molar-refractivity contribution in [2.75, 3.05) is 0 Å². The number of H-pyrrole nitrogens is 1. The molecule has 1 heterocycles. The fourth-order valence-electron chi connectivity index (χ4n) is 3.75. The highest BCUT2D eigenvalue weighted by Crippen LogP contribution is 2.54. The van der Waals surface area contributed by atoms with Gasteiger partial charge in [0.1, 0.15) is 0 Å². The van der Waals surface area contributed by atoms with Gasteiger partial charge in [-0.2, -0.15) is 0 Å². The summed E-state index contributed by atoms with van der Waals surface area (Å²) < 4.78 is 0. The fraction of sp³-hybridized carbons (Fsp3) is 0.609. The van der Waals surface area contributed by atoms with Crippen molar-refractivity contribution in [3.05, 3.63) is 53.6 Å². The Kier molecular flexibility index (Phi) is 10.4. The molecule has 0 spiro atoms. The first kappa shape index (κ1) is 23.4. The van der Waals surface area contributed by atoms with Crippen molar-refractivity contribution >= 4 is 0 Å². The first-order chi connectivity index (χ1) is 12.0. The summed E-state index contributed by atoms with van der Waals surface area (Å²) in [7, 11) is 0. The van der Waals surface area contributed by atoms with Gasteiger partial charge in [-0.1, -0.05) is 93.5 Å². The molecular formula is C23H40N2. The van der Waals surface area contributed by atoms with Crippen molar-refractivity contribution in [1.29, 1.82) is 0 Å². The summed E-state index contributed by atoms with van der Waals surface area (Å²) in [4.78, 5) is 7.46. The SMILES string of the molecule is CC.CC.CC.CC(c1cnc[nH]1)C1c2ccccc2C(C)(C)C1C. The zero-order chi connectivity index (χ0) is 19.6. The molecule has 0 bridgehead atoms. The molecule has 3 unspecified atom stereocenters. The summed E-state index contributed by atoms with van der Waals surface area (Å²) in [5.74, 6) is 1.66. The van der Waals surface area contributed by atoms with Gasteiger partial charge in [-0.25, -0.2) is 4.98 Å². The number of nitrogens with one attached hydrogen (secondary N) is 1. The molecule has 0 saturated heterocycles. The van der Waals surface area contributed by atoms with Crippen molar-refractivity contribution in [2.24, 2.45) is 5.92 Å². The Morgan fingerprint density at radius 3 is 2.08 bits per heavy atom. The molecule has 2 aromatic rings. The van der Waals surface area contributed by atoms with E-state index in [1.165, 1.54) is 16.8 Å². The molecule has 0 fully saturated rings. The Hall–Kier alpha value is -1.57. The van der Waals surface area contributed by atoms with Crippen LogP contribution in [-0.4, -0.2) is 9.97 Å². The highest BCUT2D eigenvalue weighted by molar-refractivity contribution is 5.44. The zero-order valence-electron chi connectivity index (χ0n) is 18.1. The molecule has 2 nitrogen and oxygen atoms in total. The van der Waals surface area contributed by atoms with Crippen LogP contribution in [0, 0.1) is 5.92 Å². The van der Waals surface area contributed by atoms with Gasteiger partial charge < -0.3 is 4.98 Å².